The zero-order valence-corrected chi connectivity index (χ0v) is 39.8. The molecule has 0 fully saturated rings. The second-order valence-corrected chi connectivity index (χ2v) is 23.4. The van der Waals surface area contributed by atoms with Crippen LogP contribution in [-0.2, 0) is 27.1 Å². The highest BCUT2D eigenvalue weighted by atomic mass is 16.3. The van der Waals surface area contributed by atoms with Crippen molar-refractivity contribution in [3.05, 3.63) is 161 Å². The zero-order valence-electron chi connectivity index (χ0n) is 39.8. The molecule has 0 spiro atoms. The maximum Gasteiger partial charge on any atom is 0.333 e. The van der Waals surface area contributed by atoms with E-state index in [-0.39, 0.29) is 33.9 Å². The molecule has 0 atom stereocenters. The smallest absolute Gasteiger partial charge is 0.333 e. The van der Waals surface area contributed by atoms with Crippen LogP contribution in [-0.4, -0.2) is 6.85 Å². The molecule has 8 aromatic rings. The standard InChI is InChI=1S/C61H59BN2O/c1-57(2)27-29-59(5,6)44-33-48-40(31-42(44)57)54-53-39-19-14-15-22-51(39)65-52(53)35-50-55(54)62(64(48)38-25-23-37(24-26-38)36-17-12-11-13-18-36)47-21-16-20-41-56(47)63(50)49-34-45-43(32-46(49)61(41,9)10)58(3,4)28-30-60(45,7)8/h11-26,31-35H,27-30H2,1-10H3. The fourth-order valence-electron chi connectivity index (χ4n) is 13.3. The van der Waals surface area contributed by atoms with Gasteiger partial charge in [-0.05, 0) is 145 Å². The molecule has 4 heterocycles. The van der Waals surface area contributed by atoms with Gasteiger partial charge in [0, 0.05) is 50.6 Å². The molecule has 0 saturated heterocycles. The molecule has 0 unspecified atom stereocenters. The van der Waals surface area contributed by atoms with Gasteiger partial charge < -0.3 is 14.1 Å². The average molecular weight is 847 g/mol. The van der Waals surface area contributed by atoms with Gasteiger partial charge in [-0.15, -0.1) is 0 Å². The van der Waals surface area contributed by atoms with E-state index in [1.54, 1.807) is 0 Å². The van der Waals surface area contributed by atoms with Crippen LogP contribution in [0.3, 0.4) is 0 Å². The summed E-state index contributed by atoms with van der Waals surface area (Å²) in [7, 11) is 0. The van der Waals surface area contributed by atoms with Crippen molar-refractivity contribution in [1.82, 2.24) is 0 Å². The molecule has 3 aliphatic heterocycles. The van der Waals surface area contributed by atoms with E-state index in [4.69, 9.17) is 4.42 Å². The van der Waals surface area contributed by atoms with Crippen molar-refractivity contribution in [2.45, 2.75) is 122 Å². The summed E-state index contributed by atoms with van der Waals surface area (Å²) in [6.07, 6.45) is 4.68. The lowest BCUT2D eigenvalue weighted by Gasteiger charge is -2.52. The maximum atomic E-state index is 7.06. The first kappa shape index (κ1) is 39.4. The summed E-state index contributed by atoms with van der Waals surface area (Å²) in [6.45, 7) is 24.6. The Balaban J connectivity index is 1.19. The molecule has 7 aromatic carbocycles. The largest absolute Gasteiger partial charge is 0.456 e. The average Bonchev–Trinajstić information content (AvgIpc) is 3.67. The van der Waals surface area contributed by atoms with Gasteiger partial charge in [0.05, 0.1) is 5.69 Å². The molecule has 13 rings (SSSR count). The van der Waals surface area contributed by atoms with E-state index >= 15 is 0 Å². The second kappa shape index (κ2) is 12.7. The number of hydrogen-bond donors (Lipinski definition) is 0. The third-order valence-electron chi connectivity index (χ3n) is 17.4. The van der Waals surface area contributed by atoms with Crippen LogP contribution in [0.15, 0.2) is 132 Å². The van der Waals surface area contributed by atoms with Crippen molar-refractivity contribution < 1.29 is 4.42 Å². The minimum Gasteiger partial charge on any atom is -0.456 e. The van der Waals surface area contributed by atoms with Crippen molar-refractivity contribution in [3.63, 3.8) is 0 Å². The number of para-hydroxylation sites is 2. The van der Waals surface area contributed by atoms with Crippen molar-refractivity contribution >= 4 is 68.1 Å². The molecule has 0 bridgehead atoms. The number of furan rings is 1. The molecule has 322 valence electrons. The summed E-state index contributed by atoms with van der Waals surface area (Å²) >= 11 is 0. The van der Waals surface area contributed by atoms with Gasteiger partial charge in [-0.1, -0.05) is 154 Å². The van der Waals surface area contributed by atoms with E-state index in [1.807, 2.05) is 0 Å². The van der Waals surface area contributed by atoms with Gasteiger partial charge in [0.25, 0.3) is 0 Å². The molecule has 0 amide bonds. The van der Waals surface area contributed by atoms with Gasteiger partial charge in [0.15, 0.2) is 0 Å². The molecule has 2 aliphatic carbocycles. The van der Waals surface area contributed by atoms with Crippen molar-refractivity contribution in [3.8, 4) is 22.3 Å². The lowest BCUT2D eigenvalue weighted by atomic mass is 9.42. The van der Waals surface area contributed by atoms with Crippen LogP contribution in [0.25, 0.3) is 44.2 Å². The van der Waals surface area contributed by atoms with Crippen molar-refractivity contribution in [2.75, 3.05) is 9.71 Å². The van der Waals surface area contributed by atoms with E-state index in [1.165, 1.54) is 119 Å². The predicted molar refractivity (Wildman–Crippen MR) is 276 cm³/mol. The van der Waals surface area contributed by atoms with Crippen LogP contribution in [0.4, 0.5) is 28.4 Å². The molecular formula is C61H59BN2O. The Bertz CT molecular complexity index is 3360. The third kappa shape index (κ3) is 5.20. The Hall–Kier alpha value is -6.00. The number of anilines is 5. The highest BCUT2D eigenvalue weighted by Crippen LogP contribution is 2.60. The number of fused-ring (bicyclic) bond motifs is 12. The minimum absolute atomic E-state index is 0.0316. The molecule has 4 heteroatoms. The first-order valence-electron chi connectivity index (χ1n) is 24.2. The molecule has 1 aromatic heterocycles. The molecular weight excluding hydrogens is 787 g/mol. The number of rotatable bonds is 2. The highest BCUT2D eigenvalue weighted by molar-refractivity contribution is 6.94. The molecule has 0 saturated carbocycles. The molecule has 5 aliphatic rings. The maximum absolute atomic E-state index is 7.06. The fourth-order valence-corrected chi connectivity index (χ4v) is 13.3. The predicted octanol–water partition coefficient (Wildman–Crippen LogP) is 15.3. The van der Waals surface area contributed by atoms with Gasteiger partial charge in [-0.3, -0.25) is 0 Å². The Labute approximate surface area is 385 Å². The van der Waals surface area contributed by atoms with Crippen molar-refractivity contribution in [1.29, 1.82) is 0 Å². The monoisotopic (exact) mass is 846 g/mol. The van der Waals surface area contributed by atoms with Gasteiger partial charge in [0.1, 0.15) is 11.2 Å². The summed E-state index contributed by atoms with van der Waals surface area (Å²) in [5.41, 5.74) is 24.8. The number of hydrogen-bond acceptors (Lipinski definition) is 3. The number of benzene rings is 7. The Morgan fingerprint density at radius 2 is 1.06 bits per heavy atom. The van der Waals surface area contributed by atoms with E-state index in [0.29, 0.717) is 0 Å². The quantitative estimate of drug-likeness (QED) is 0.162. The van der Waals surface area contributed by atoms with E-state index in [2.05, 4.69) is 206 Å². The van der Waals surface area contributed by atoms with Crippen LogP contribution < -0.4 is 20.6 Å². The fraction of sp³-hybridized carbons (Fsp3) is 0.311. The van der Waals surface area contributed by atoms with E-state index < -0.39 is 0 Å². The Kier molecular flexibility index (Phi) is 7.67. The topological polar surface area (TPSA) is 19.6 Å². The summed E-state index contributed by atoms with van der Waals surface area (Å²) in [6, 6.07) is 49.1. The summed E-state index contributed by atoms with van der Waals surface area (Å²) < 4.78 is 7.06. The first-order valence-corrected chi connectivity index (χ1v) is 24.2. The lowest BCUT2D eigenvalue weighted by Crippen LogP contribution is -2.62. The Morgan fingerprint density at radius 1 is 0.477 bits per heavy atom. The van der Waals surface area contributed by atoms with Gasteiger partial charge in [-0.2, -0.15) is 0 Å². The van der Waals surface area contributed by atoms with Crippen LogP contribution >= 0.6 is 0 Å². The SMILES string of the molecule is CC1(C)CCC(C)(C)c2cc3c(cc21)-c1c2c(cc4oc5ccccc5c14)N1c4cc5c(cc4C(C)(C)c4cccc(c41)B2N3c1ccc(-c2ccccc2)cc1)C(C)(C)CCC5(C)C. The second-order valence-electron chi connectivity index (χ2n) is 23.4. The molecule has 3 nitrogen and oxygen atoms in total. The van der Waals surface area contributed by atoms with Gasteiger partial charge in [0.2, 0.25) is 0 Å². The zero-order chi connectivity index (χ0) is 44.7. The van der Waals surface area contributed by atoms with Crippen LogP contribution in [0.2, 0.25) is 0 Å². The van der Waals surface area contributed by atoms with E-state index in [9.17, 15) is 0 Å². The third-order valence-corrected chi connectivity index (χ3v) is 17.4. The lowest BCUT2D eigenvalue weighted by molar-refractivity contribution is 0.331. The van der Waals surface area contributed by atoms with Gasteiger partial charge in [-0.25, -0.2) is 0 Å². The molecule has 0 N–H and O–H groups in total. The van der Waals surface area contributed by atoms with E-state index in [0.717, 1.165) is 24.0 Å². The highest BCUT2D eigenvalue weighted by Gasteiger charge is 2.52. The van der Waals surface area contributed by atoms with Gasteiger partial charge >= 0.3 is 6.85 Å². The summed E-state index contributed by atoms with van der Waals surface area (Å²) in [5.74, 6) is 0. The molecule has 65 heavy (non-hydrogen) atoms. The summed E-state index contributed by atoms with van der Waals surface area (Å²) in [4.78, 5) is 5.42. The first-order chi connectivity index (χ1) is 31.0. The Morgan fingerprint density at radius 3 is 1.74 bits per heavy atom. The minimum atomic E-state index is -0.239. The van der Waals surface area contributed by atoms with Crippen LogP contribution in [0.1, 0.15) is 128 Å². The van der Waals surface area contributed by atoms with Crippen LogP contribution in [0.5, 0.6) is 0 Å². The summed E-state index contributed by atoms with van der Waals surface area (Å²) in [5, 5.41) is 2.41. The normalized spacial score (nSPS) is 19.5. The number of nitrogens with zero attached hydrogens (tertiary/aromatic N) is 2. The van der Waals surface area contributed by atoms with Crippen LogP contribution in [0, 0.1) is 0 Å². The van der Waals surface area contributed by atoms with Crippen molar-refractivity contribution in [2.24, 2.45) is 0 Å². The molecule has 0 radical (unpaired) electrons.